The molecule has 0 aliphatic carbocycles. The minimum absolute atomic E-state index is 0.0466. The lowest BCUT2D eigenvalue weighted by Crippen LogP contribution is -2.48. The molecule has 0 bridgehead atoms. The first-order chi connectivity index (χ1) is 7.07. The van der Waals surface area contributed by atoms with E-state index in [4.69, 9.17) is 17.3 Å². The van der Waals surface area contributed by atoms with Crippen LogP contribution in [0.3, 0.4) is 0 Å². The van der Waals surface area contributed by atoms with Crippen LogP contribution in [-0.2, 0) is 0 Å². The van der Waals surface area contributed by atoms with Gasteiger partial charge in [0.25, 0.3) is 0 Å². The molecule has 1 aliphatic rings. The van der Waals surface area contributed by atoms with Gasteiger partial charge < -0.3 is 10.6 Å². The maximum absolute atomic E-state index is 6.05. The number of hydrogen-bond donors (Lipinski definition) is 1. The molecule has 1 saturated heterocycles. The van der Waals surface area contributed by atoms with Gasteiger partial charge in [-0.2, -0.15) is 0 Å². The minimum atomic E-state index is -0.0466. The van der Waals surface area contributed by atoms with Crippen molar-refractivity contribution in [2.75, 3.05) is 18.0 Å². The first kappa shape index (κ1) is 10.6. The molecule has 0 spiro atoms. The molecule has 1 aliphatic heterocycles. The predicted octanol–water partition coefficient (Wildman–Crippen LogP) is 1.45. The molecule has 1 aromatic rings. The van der Waals surface area contributed by atoms with Crippen molar-refractivity contribution in [3.05, 3.63) is 17.4 Å². The summed E-state index contributed by atoms with van der Waals surface area (Å²) in [5, 5.41) is 0.487. The van der Waals surface area contributed by atoms with Crippen molar-refractivity contribution < 1.29 is 0 Å². The van der Waals surface area contributed by atoms with Crippen molar-refractivity contribution in [2.45, 2.75) is 25.3 Å². The lowest BCUT2D eigenvalue weighted by atomic mass is 9.91. The molecule has 4 nitrogen and oxygen atoms in total. The van der Waals surface area contributed by atoms with Crippen LogP contribution in [0.2, 0.25) is 5.15 Å². The zero-order chi connectivity index (χ0) is 10.9. The molecule has 15 heavy (non-hydrogen) atoms. The average Bonchev–Trinajstić information content (AvgIpc) is 2.17. The summed E-state index contributed by atoms with van der Waals surface area (Å²) >= 11 is 5.82. The van der Waals surface area contributed by atoms with Gasteiger partial charge in [-0.15, -0.1) is 0 Å². The predicted molar refractivity (Wildman–Crippen MR) is 61.1 cm³/mol. The van der Waals surface area contributed by atoms with Gasteiger partial charge in [-0.1, -0.05) is 11.6 Å². The summed E-state index contributed by atoms with van der Waals surface area (Å²) in [6.07, 6.45) is 3.60. The molecule has 0 atom stereocenters. The third-order valence-electron chi connectivity index (χ3n) is 2.80. The molecule has 0 amide bonds. The van der Waals surface area contributed by atoms with E-state index in [0.717, 1.165) is 25.9 Å². The van der Waals surface area contributed by atoms with E-state index in [2.05, 4.69) is 21.8 Å². The molecule has 2 rings (SSSR count). The van der Waals surface area contributed by atoms with Crippen molar-refractivity contribution in [3.8, 4) is 0 Å². The van der Waals surface area contributed by atoms with Crippen LogP contribution in [0.15, 0.2) is 12.3 Å². The summed E-state index contributed by atoms with van der Waals surface area (Å²) in [6.45, 7) is 3.88. The molecule has 2 heterocycles. The largest absolute Gasteiger partial charge is 0.341 e. The second-order valence-electron chi connectivity index (χ2n) is 4.32. The number of piperidine rings is 1. The molecule has 0 aromatic carbocycles. The Balaban J connectivity index is 2.08. The standard InChI is InChI=1S/C10H15ClN4/c1-10(12)3-6-15(7-4-10)9-13-5-2-8(11)14-9/h2,5H,3-4,6-7,12H2,1H3. The zero-order valence-electron chi connectivity index (χ0n) is 8.78. The normalized spacial score (nSPS) is 20.3. The maximum Gasteiger partial charge on any atom is 0.226 e. The van der Waals surface area contributed by atoms with Crippen molar-refractivity contribution in [3.63, 3.8) is 0 Å². The molecule has 1 fully saturated rings. The van der Waals surface area contributed by atoms with E-state index in [1.165, 1.54) is 0 Å². The van der Waals surface area contributed by atoms with E-state index < -0.39 is 0 Å². The lowest BCUT2D eigenvalue weighted by molar-refractivity contribution is 0.362. The fourth-order valence-corrected chi connectivity index (χ4v) is 1.83. The highest BCUT2D eigenvalue weighted by Crippen LogP contribution is 2.22. The van der Waals surface area contributed by atoms with Crippen molar-refractivity contribution >= 4 is 17.5 Å². The number of aromatic nitrogens is 2. The summed E-state index contributed by atoms with van der Waals surface area (Å²) in [5.74, 6) is 0.706. The Kier molecular flexibility index (Phi) is 2.80. The topological polar surface area (TPSA) is 55.0 Å². The van der Waals surface area contributed by atoms with Crippen LogP contribution < -0.4 is 10.6 Å². The number of nitrogens with zero attached hydrogens (tertiary/aromatic N) is 3. The third-order valence-corrected chi connectivity index (χ3v) is 3.01. The highest BCUT2D eigenvalue weighted by molar-refractivity contribution is 6.29. The Labute approximate surface area is 94.5 Å². The van der Waals surface area contributed by atoms with Crippen molar-refractivity contribution in [2.24, 2.45) is 5.73 Å². The van der Waals surface area contributed by atoms with Gasteiger partial charge >= 0.3 is 0 Å². The average molecular weight is 227 g/mol. The SMILES string of the molecule is CC1(N)CCN(c2nccc(Cl)n2)CC1. The summed E-state index contributed by atoms with van der Waals surface area (Å²) in [7, 11) is 0. The van der Waals surface area contributed by atoms with Gasteiger partial charge in [0.1, 0.15) is 5.15 Å². The number of halogens is 1. The highest BCUT2D eigenvalue weighted by Gasteiger charge is 2.26. The van der Waals surface area contributed by atoms with E-state index in [1.54, 1.807) is 12.3 Å². The number of rotatable bonds is 1. The van der Waals surface area contributed by atoms with Crippen molar-refractivity contribution in [1.82, 2.24) is 9.97 Å². The van der Waals surface area contributed by atoms with Gasteiger partial charge in [0.05, 0.1) is 0 Å². The smallest absolute Gasteiger partial charge is 0.226 e. The Morgan fingerprint density at radius 2 is 2.13 bits per heavy atom. The monoisotopic (exact) mass is 226 g/mol. The van der Waals surface area contributed by atoms with E-state index in [9.17, 15) is 0 Å². The van der Waals surface area contributed by atoms with E-state index in [0.29, 0.717) is 11.1 Å². The number of hydrogen-bond acceptors (Lipinski definition) is 4. The second-order valence-corrected chi connectivity index (χ2v) is 4.71. The van der Waals surface area contributed by atoms with E-state index in [1.807, 2.05) is 0 Å². The van der Waals surface area contributed by atoms with Crippen LogP contribution >= 0.6 is 11.6 Å². The summed E-state index contributed by atoms with van der Waals surface area (Å²) < 4.78 is 0. The molecule has 2 N–H and O–H groups in total. The van der Waals surface area contributed by atoms with E-state index >= 15 is 0 Å². The zero-order valence-corrected chi connectivity index (χ0v) is 9.54. The molecule has 0 unspecified atom stereocenters. The summed E-state index contributed by atoms with van der Waals surface area (Å²) in [6, 6.07) is 1.68. The van der Waals surface area contributed by atoms with Crippen LogP contribution in [0.25, 0.3) is 0 Å². The first-order valence-corrected chi connectivity index (χ1v) is 5.47. The minimum Gasteiger partial charge on any atom is -0.341 e. The molecular formula is C10H15ClN4. The van der Waals surface area contributed by atoms with Gasteiger partial charge in [0.2, 0.25) is 5.95 Å². The first-order valence-electron chi connectivity index (χ1n) is 5.09. The molecule has 5 heteroatoms. The Bertz CT molecular complexity index is 343. The number of nitrogens with two attached hydrogens (primary N) is 1. The maximum atomic E-state index is 6.05. The fraction of sp³-hybridized carbons (Fsp3) is 0.600. The summed E-state index contributed by atoms with van der Waals surface area (Å²) in [4.78, 5) is 10.5. The Morgan fingerprint density at radius 1 is 1.47 bits per heavy atom. The third kappa shape index (κ3) is 2.58. The Morgan fingerprint density at radius 3 is 2.73 bits per heavy atom. The van der Waals surface area contributed by atoms with Crippen LogP contribution in [-0.4, -0.2) is 28.6 Å². The quantitative estimate of drug-likeness (QED) is 0.737. The van der Waals surface area contributed by atoms with Gasteiger partial charge in [-0.25, -0.2) is 9.97 Å². The van der Waals surface area contributed by atoms with Crippen LogP contribution in [0, 0.1) is 0 Å². The van der Waals surface area contributed by atoms with Gasteiger partial charge in [-0.05, 0) is 25.8 Å². The number of anilines is 1. The van der Waals surface area contributed by atoms with Crippen LogP contribution in [0.5, 0.6) is 0 Å². The van der Waals surface area contributed by atoms with Gasteiger partial charge in [0.15, 0.2) is 0 Å². The van der Waals surface area contributed by atoms with Crippen molar-refractivity contribution in [1.29, 1.82) is 0 Å². The van der Waals surface area contributed by atoms with Gasteiger partial charge in [0, 0.05) is 24.8 Å². The second kappa shape index (κ2) is 3.94. The van der Waals surface area contributed by atoms with Gasteiger partial charge in [-0.3, -0.25) is 0 Å². The molecule has 0 saturated carbocycles. The molecular weight excluding hydrogens is 212 g/mol. The molecule has 82 valence electrons. The summed E-state index contributed by atoms with van der Waals surface area (Å²) in [5.41, 5.74) is 6.01. The lowest BCUT2D eigenvalue weighted by Gasteiger charge is -2.36. The highest BCUT2D eigenvalue weighted by atomic mass is 35.5. The fourth-order valence-electron chi connectivity index (χ4n) is 1.70. The molecule has 1 aromatic heterocycles. The molecule has 0 radical (unpaired) electrons. The van der Waals surface area contributed by atoms with Crippen LogP contribution in [0.4, 0.5) is 5.95 Å². The Hall–Kier alpha value is -0.870. The van der Waals surface area contributed by atoms with E-state index in [-0.39, 0.29) is 5.54 Å². The van der Waals surface area contributed by atoms with Crippen LogP contribution in [0.1, 0.15) is 19.8 Å².